The normalized spacial score (nSPS) is 45.1. The van der Waals surface area contributed by atoms with Crippen molar-refractivity contribution in [1.29, 1.82) is 0 Å². The molecule has 20 nitrogen and oxygen atoms in total. The maximum atomic E-state index is 14.8. The van der Waals surface area contributed by atoms with Crippen LogP contribution in [-0.4, -0.2) is 165 Å². The fourth-order valence-corrected chi connectivity index (χ4v) is 33.5. The fourth-order valence-electron chi connectivity index (χ4n) is 33.5. The molecule has 0 saturated heterocycles. The summed E-state index contributed by atoms with van der Waals surface area (Å²) in [6, 6.07) is 0. The summed E-state index contributed by atoms with van der Waals surface area (Å²) < 4.78 is 20.0. The van der Waals surface area contributed by atoms with Gasteiger partial charge in [0.15, 0.2) is 0 Å². The first-order valence-corrected chi connectivity index (χ1v) is 50.5. The Morgan fingerprint density at radius 1 is 0.336 bits per heavy atom. The molecular formula is C102H171N3O17. The van der Waals surface area contributed by atoms with Crippen molar-refractivity contribution in [2.45, 2.75) is 408 Å². The van der Waals surface area contributed by atoms with E-state index in [0.29, 0.717) is 126 Å². The summed E-state index contributed by atoms with van der Waals surface area (Å²) in [4.78, 5) is 78.9. The average molecular weight is 1710 g/mol. The number of unbranched alkanes of at least 4 members (excludes halogenated alkanes) is 9. The van der Waals surface area contributed by atoms with Crippen LogP contribution in [0.4, 0.5) is 0 Å². The summed E-state index contributed by atoms with van der Waals surface area (Å²) >= 11 is 0. The van der Waals surface area contributed by atoms with E-state index in [4.69, 9.17) is 14.2 Å². The van der Waals surface area contributed by atoms with E-state index in [1.807, 2.05) is 20.8 Å². The van der Waals surface area contributed by atoms with Gasteiger partial charge in [0.25, 0.3) is 0 Å². The van der Waals surface area contributed by atoms with Gasteiger partial charge in [0, 0.05) is 75.0 Å². The predicted octanol–water partition coefficient (Wildman–Crippen LogP) is 17.7. The molecule has 696 valence electrons. The summed E-state index contributed by atoms with van der Waals surface area (Å²) in [6.45, 7) is 30.2. The lowest BCUT2D eigenvalue weighted by Crippen LogP contribution is -2.62. The number of hydrogen-bond donors (Lipinski definition) is 11. The summed E-state index contributed by atoms with van der Waals surface area (Å²) in [5, 5.41) is 98.8. The molecule has 13 aliphatic rings. The van der Waals surface area contributed by atoms with E-state index in [0.717, 1.165) is 199 Å². The molecule has 20 heteroatoms. The molecular weight excluding hydrogens is 1540 g/mol. The van der Waals surface area contributed by atoms with E-state index < -0.39 is 58.6 Å². The SMILES string of the molecule is C[C@H](CCC(=O)O)[C@H]1CCC2[C@@H]3CC[C@@H]4C[C@@H](OCCCCCCNC(=O)C5(C)CC(C)(C(=O)NCCCCCCO[C@H]6CC[C@@]7(C)[C@@H](C6)C[C@@H](O)[C@@H]6[C@@H]7C[C@H](O)[C@]7(C)[C@@H]([C@H](C)CCC(=O)O)CC[C@@H]67)CC(C)(C(=O)NCCCCCCO[C@H]6CC[C@@]7(C)[C@@H](C6)C[C@@H](O)[C@@H]6[C@@H]7C[C@H](O)[C@]7(C)[C@@H]([C@H](C)CCC(=O)O)CC[C@@H]67)C5)CC[C@]4(C)[C@H]3C[C@H](O)[C@@]21C. The van der Waals surface area contributed by atoms with Crippen molar-refractivity contribution >= 4 is 35.6 Å². The molecule has 13 aliphatic carbocycles. The molecule has 0 spiro atoms. The number of aliphatic hydroxyl groups is 5. The second-order valence-corrected chi connectivity index (χ2v) is 46.9. The highest BCUT2D eigenvalue weighted by Crippen LogP contribution is 2.73. The van der Waals surface area contributed by atoms with Crippen molar-refractivity contribution in [3.63, 3.8) is 0 Å². The Labute approximate surface area is 734 Å². The summed E-state index contributed by atoms with van der Waals surface area (Å²) in [5.41, 5.74) is -3.51. The van der Waals surface area contributed by atoms with Crippen molar-refractivity contribution in [2.24, 2.45) is 155 Å². The van der Waals surface area contributed by atoms with Gasteiger partial charge in [0.05, 0.1) is 48.8 Å². The number of aliphatic carboxylic acids is 3. The molecule has 0 aromatic carbocycles. The molecule has 0 radical (unpaired) electrons. The number of ether oxygens (including phenoxy) is 3. The number of aliphatic hydroxyl groups excluding tert-OH is 5. The average Bonchev–Trinajstić information content (AvgIpc) is 1.42. The Balaban J connectivity index is 0.545. The van der Waals surface area contributed by atoms with Crippen LogP contribution in [0.2, 0.25) is 0 Å². The molecule has 122 heavy (non-hydrogen) atoms. The van der Waals surface area contributed by atoms with E-state index in [1.165, 1.54) is 12.8 Å². The number of carbonyl (C=O) groups excluding carboxylic acids is 3. The molecule has 13 rings (SSSR count). The highest BCUT2D eigenvalue weighted by atomic mass is 16.5. The molecule has 3 amide bonds. The van der Waals surface area contributed by atoms with Crippen molar-refractivity contribution in [3.8, 4) is 0 Å². The Bertz CT molecular complexity index is 3390. The van der Waals surface area contributed by atoms with E-state index in [1.54, 1.807) is 0 Å². The number of carbonyl (C=O) groups is 6. The van der Waals surface area contributed by atoms with Crippen LogP contribution in [0, 0.1) is 155 Å². The molecule has 0 bridgehead atoms. The zero-order valence-corrected chi connectivity index (χ0v) is 77.9. The fraction of sp³-hybridized carbons (Fsp3) is 0.941. The van der Waals surface area contributed by atoms with E-state index >= 15 is 0 Å². The van der Waals surface area contributed by atoms with E-state index in [-0.39, 0.29) is 159 Å². The van der Waals surface area contributed by atoms with Crippen molar-refractivity contribution < 1.29 is 83.8 Å². The summed E-state index contributed by atoms with van der Waals surface area (Å²) in [6.07, 6.45) is 34.1. The van der Waals surface area contributed by atoms with Gasteiger partial charge in [-0.05, 0) is 357 Å². The molecule has 13 fully saturated rings. The van der Waals surface area contributed by atoms with Crippen molar-refractivity contribution in [2.75, 3.05) is 39.5 Å². The third-order valence-corrected chi connectivity index (χ3v) is 40.0. The minimum atomic E-state index is -0.987. The molecule has 0 aromatic heterocycles. The minimum absolute atomic E-state index is 0.0213. The molecule has 11 N–H and O–H groups in total. The number of rotatable bonds is 39. The van der Waals surface area contributed by atoms with Gasteiger partial charge >= 0.3 is 17.9 Å². The Morgan fingerprint density at radius 2 is 0.639 bits per heavy atom. The molecule has 0 aliphatic heterocycles. The van der Waals surface area contributed by atoms with Gasteiger partial charge < -0.3 is 71.0 Å². The highest BCUT2D eigenvalue weighted by Gasteiger charge is 2.70. The van der Waals surface area contributed by atoms with Gasteiger partial charge in [-0.2, -0.15) is 0 Å². The number of carboxylic acid groups (broad SMARTS) is 3. The number of fused-ring (bicyclic) bond motifs is 15. The van der Waals surface area contributed by atoms with Crippen LogP contribution in [-0.2, 0) is 43.0 Å². The van der Waals surface area contributed by atoms with Gasteiger partial charge in [-0.1, -0.05) is 122 Å². The van der Waals surface area contributed by atoms with Crippen LogP contribution in [0.15, 0.2) is 0 Å². The van der Waals surface area contributed by atoms with E-state index in [9.17, 15) is 69.6 Å². The molecule has 0 aromatic rings. The monoisotopic (exact) mass is 1710 g/mol. The van der Waals surface area contributed by atoms with Crippen LogP contribution >= 0.6 is 0 Å². The standard InChI is InChI=1S/C102H171N3O17/c1-62(25-36-86(111)112)72-30-33-75-71-29-28-65-51-68(39-42-97(65,7)78(71)56-83(108)100(72,75)10)120-48-22-16-13-19-45-103-91(117)94(4)59-95(5,92(118)104-46-20-14-17-23-49-121-69-40-43-98(8)66(52-69)54-81(106)89-76-34-31-73(63(2)26-37-87(113)114)101(76,11)84(109)57-79(89)98)61-96(6,60-94)93(119)105-47-21-15-18-24-50-122-70-41-44-99(9)67(53-70)55-82(107)90-77-35-32-74(64(3)27-38-88(115)116)102(77,12)85(110)58-80(90)99/h62-85,89-90,106-110H,13-61H2,1-12H3,(H,103,117)(H,104,118)(H,105,119)(H,111,112)(H,113,114)(H,115,116)/t62-,63-,64-,65-,66+,67+,68+,69+,70+,71+,72-,73-,74-,75?,76+,77+,78+,79+,80+,81-,82-,83+,84+,85+,89+,90+,94?,95?,96?,97+,98+,99+,100-,101-,102-/m1/s1. The van der Waals surface area contributed by atoms with E-state index in [2.05, 4.69) is 78.3 Å². The van der Waals surface area contributed by atoms with Crippen LogP contribution < -0.4 is 16.0 Å². The van der Waals surface area contributed by atoms with Crippen LogP contribution in [0.5, 0.6) is 0 Å². The van der Waals surface area contributed by atoms with Gasteiger partial charge in [-0.3, -0.25) is 28.8 Å². The maximum absolute atomic E-state index is 14.8. The van der Waals surface area contributed by atoms with Gasteiger partial charge in [-0.25, -0.2) is 0 Å². The van der Waals surface area contributed by atoms with Gasteiger partial charge in [0.1, 0.15) is 0 Å². The molecule has 3 unspecified atom stereocenters. The van der Waals surface area contributed by atoms with Crippen molar-refractivity contribution in [3.05, 3.63) is 0 Å². The second kappa shape index (κ2) is 39.3. The topological polar surface area (TPSA) is 328 Å². The number of amides is 3. The van der Waals surface area contributed by atoms with Crippen LogP contribution in [0.3, 0.4) is 0 Å². The quantitative estimate of drug-likeness (QED) is 0.0255. The Morgan fingerprint density at radius 3 is 0.984 bits per heavy atom. The van der Waals surface area contributed by atoms with Gasteiger partial charge in [0.2, 0.25) is 17.7 Å². The first-order chi connectivity index (χ1) is 57.8. The summed E-state index contributed by atoms with van der Waals surface area (Å²) in [7, 11) is 0. The second-order valence-electron chi connectivity index (χ2n) is 46.9. The lowest BCUT2D eigenvalue weighted by molar-refractivity contribution is -0.209. The third-order valence-electron chi connectivity index (χ3n) is 40.0. The van der Waals surface area contributed by atoms with Crippen molar-refractivity contribution in [1.82, 2.24) is 16.0 Å². The molecule has 34 atom stereocenters. The van der Waals surface area contributed by atoms with Crippen LogP contribution in [0.1, 0.15) is 359 Å². The van der Waals surface area contributed by atoms with Gasteiger partial charge in [-0.15, -0.1) is 0 Å². The zero-order chi connectivity index (χ0) is 87.9. The first kappa shape index (κ1) is 96.1. The smallest absolute Gasteiger partial charge is 0.303 e. The highest BCUT2D eigenvalue weighted by molar-refractivity contribution is 5.90. The maximum Gasteiger partial charge on any atom is 0.303 e. The number of carboxylic acids is 3. The molecule has 0 heterocycles. The zero-order valence-electron chi connectivity index (χ0n) is 77.9. The first-order valence-electron chi connectivity index (χ1n) is 50.5. The number of nitrogens with one attached hydrogen (secondary N) is 3. The largest absolute Gasteiger partial charge is 0.481 e. The lowest BCUT2D eigenvalue weighted by Gasteiger charge is -2.63. The molecule has 13 saturated carbocycles. The van der Waals surface area contributed by atoms with Crippen LogP contribution in [0.25, 0.3) is 0 Å². The third kappa shape index (κ3) is 19.2. The lowest BCUT2D eigenvalue weighted by atomic mass is 9.43. The Kier molecular flexibility index (Phi) is 30.9. The predicted molar refractivity (Wildman–Crippen MR) is 473 cm³/mol. The summed E-state index contributed by atoms with van der Waals surface area (Å²) in [5.74, 6) is 3.03. The minimum Gasteiger partial charge on any atom is -0.481 e. The number of hydrogen-bond acceptors (Lipinski definition) is 14. The Hall–Kier alpha value is -3.50.